The number of hydrogen-bond donors (Lipinski definition) is 1. The second-order valence-corrected chi connectivity index (χ2v) is 5.43. The van der Waals surface area contributed by atoms with E-state index in [1.165, 1.54) is 10.6 Å². The van der Waals surface area contributed by atoms with Crippen LogP contribution in [-0.4, -0.2) is 15.6 Å². The molecular weight excluding hydrogens is 373 g/mol. The van der Waals surface area contributed by atoms with E-state index in [1.807, 2.05) is 18.2 Å². The lowest BCUT2D eigenvalue weighted by Crippen LogP contribution is -2.06. The molecule has 0 unspecified atom stereocenters. The molecule has 1 heterocycles. The van der Waals surface area contributed by atoms with Crippen LogP contribution in [0.4, 0.5) is 0 Å². The highest BCUT2D eigenvalue weighted by Crippen LogP contribution is 2.31. The molecule has 3 nitrogen and oxygen atoms in total. The predicted molar refractivity (Wildman–Crippen MR) is 73.1 cm³/mol. The van der Waals surface area contributed by atoms with E-state index < -0.39 is 5.97 Å². The Labute approximate surface area is 119 Å². The van der Waals surface area contributed by atoms with Crippen LogP contribution in [0.5, 0.6) is 0 Å². The Morgan fingerprint density at radius 3 is 2.41 bits per heavy atom. The predicted octanol–water partition coefficient (Wildman–Crippen LogP) is 4.35. The number of aromatic nitrogens is 1. The van der Waals surface area contributed by atoms with E-state index in [-0.39, 0.29) is 5.69 Å². The summed E-state index contributed by atoms with van der Waals surface area (Å²) in [6.45, 7) is 0. The minimum Gasteiger partial charge on any atom is -0.477 e. The summed E-state index contributed by atoms with van der Waals surface area (Å²) in [7, 11) is 0. The highest BCUT2D eigenvalue weighted by molar-refractivity contribution is 9.11. The van der Waals surface area contributed by atoms with Crippen LogP contribution in [-0.2, 0) is 0 Å². The Morgan fingerprint density at radius 1 is 1.29 bits per heavy atom. The molecule has 0 radical (unpaired) electrons. The van der Waals surface area contributed by atoms with Crippen LogP contribution >= 0.6 is 43.5 Å². The molecule has 0 saturated carbocycles. The number of carbonyl (C=O) groups is 1. The number of halogens is 3. The van der Waals surface area contributed by atoms with Gasteiger partial charge in [0.2, 0.25) is 0 Å². The van der Waals surface area contributed by atoms with Crippen LogP contribution in [0.1, 0.15) is 10.5 Å². The van der Waals surface area contributed by atoms with Crippen LogP contribution < -0.4 is 0 Å². The summed E-state index contributed by atoms with van der Waals surface area (Å²) in [4.78, 5) is 11.1. The summed E-state index contributed by atoms with van der Waals surface area (Å²) >= 11 is 12.6. The van der Waals surface area contributed by atoms with Gasteiger partial charge in [-0.2, -0.15) is 0 Å². The van der Waals surface area contributed by atoms with E-state index >= 15 is 0 Å². The summed E-state index contributed by atoms with van der Waals surface area (Å²) in [5.74, 6) is -1.03. The number of carboxylic acid groups (broad SMARTS) is 1. The van der Waals surface area contributed by atoms with E-state index in [0.29, 0.717) is 10.7 Å². The molecule has 0 bridgehead atoms. The molecule has 0 fully saturated rings. The summed E-state index contributed by atoms with van der Waals surface area (Å²) in [5, 5.41) is 9.49. The first-order valence-electron chi connectivity index (χ1n) is 4.56. The molecule has 0 atom stereocenters. The fourth-order valence-corrected chi connectivity index (χ4v) is 3.08. The molecular formula is C11H6Br2ClNO2. The number of carboxylic acids is 1. The Bertz CT molecular complexity index is 575. The van der Waals surface area contributed by atoms with Crippen molar-refractivity contribution in [1.82, 2.24) is 4.57 Å². The lowest BCUT2D eigenvalue weighted by atomic mass is 10.3. The monoisotopic (exact) mass is 377 g/mol. The van der Waals surface area contributed by atoms with E-state index in [9.17, 15) is 4.79 Å². The second kappa shape index (κ2) is 4.84. The van der Waals surface area contributed by atoms with Crippen molar-refractivity contribution in [3.8, 4) is 5.69 Å². The van der Waals surface area contributed by atoms with Gasteiger partial charge in [-0.25, -0.2) is 4.79 Å². The Hall–Kier alpha value is -0.780. The third-order valence-corrected chi connectivity index (χ3v) is 3.67. The molecule has 0 aliphatic carbocycles. The molecule has 0 aliphatic heterocycles. The lowest BCUT2D eigenvalue weighted by molar-refractivity contribution is 0.0688. The van der Waals surface area contributed by atoms with Gasteiger partial charge < -0.3 is 9.67 Å². The fourth-order valence-electron chi connectivity index (χ4n) is 1.50. The molecule has 2 rings (SSSR count). The largest absolute Gasteiger partial charge is 0.477 e. The highest BCUT2D eigenvalue weighted by Gasteiger charge is 2.16. The zero-order valence-corrected chi connectivity index (χ0v) is 12.3. The highest BCUT2D eigenvalue weighted by atomic mass is 79.9. The number of rotatable bonds is 2. The second-order valence-electron chi connectivity index (χ2n) is 3.29. The van der Waals surface area contributed by atoms with E-state index in [4.69, 9.17) is 16.7 Å². The van der Waals surface area contributed by atoms with Gasteiger partial charge in [0, 0.05) is 15.1 Å². The van der Waals surface area contributed by atoms with Gasteiger partial charge in [-0.3, -0.25) is 0 Å². The summed E-state index contributed by atoms with van der Waals surface area (Å²) < 4.78 is 3.09. The van der Waals surface area contributed by atoms with Crippen molar-refractivity contribution in [2.75, 3.05) is 0 Å². The topological polar surface area (TPSA) is 42.2 Å². The first-order chi connectivity index (χ1) is 8.00. The van der Waals surface area contributed by atoms with Gasteiger partial charge in [-0.1, -0.05) is 17.7 Å². The fraction of sp³-hybridized carbons (Fsp3) is 0. The molecule has 88 valence electrons. The molecule has 2 aromatic rings. The summed E-state index contributed by atoms with van der Waals surface area (Å²) in [6.07, 6.45) is 1.57. The zero-order valence-electron chi connectivity index (χ0n) is 8.32. The Kier molecular flexibility index (Phi) is 3.61. The van der Waals surface area contributed by atoms with Crippen molar-refractivity contribution in [1.29, 1.82) is 0 Å². The maximum absolute atomic E-state index is 11.1. The van der Waals surface area contributed by atoms with Crippen LogP contribution in [0.25, 0.3) is 5.69 Å². The van der Waals surface area contributed by atoms with Gasteiger partial charge in [0.15, 0.2) is 0 Å². The average molecular weight is 379 g/mol. The summed E-state index contributed by atoms with van der Waals surface area (Å²) in [5.41, 5.74) is 0.819. The number of hydrogen-bond acceptors (Lipinski definition) is 1. The van der Waals surface area contributed by atoms with Crippen molar-refractivity contribution in [3.05, 3.63) is 50.1 Å². The molecule has 1 aromatic heterocycles. The molecule has 1 N–H and O–H groups in total. The van der Waals surface area contributed by atoms with E-state index in [0.717, 1.165) is 8.95 Å². The molecule has 17 heavy (non-hydrogen) atoms. The van der Waals surface area contributed by atoms with Gasteiger partial charge in [-0.15, -0.1) is 0 Å². The van der Waals surface area contributed by atoms with Crippen molar-refractivity contribution in [3.63, 3.8) is 0 Å². The number of nitrogens with zero attached hydrogens (tertiary/aromatic N) is 1. The van der Waals surface area contributed by atoms with Crippen LogP contribution in [0.2, 0.25) is 5.02 Å². The average Bonchev–Trinajstić information content (AvgIpc) is 2.60. The van der Waals surface area contributed by atoms with E-state index in [2.05, 4.69) is 31.9 Å². The Morgan fingerprint density at radius 2 is 1.88 bits per heavy atom. The van der Waals surface area contributed by atoms with Gasteiger partial charge in [-0.05, 0) is 50.1 Å². The first-order valence-corrected chi connectivity index (χ1v) is 6.52. The maximum Gasteiger partial charge on any atom is 0.352 e. The molecule has 0 aliphatic rings. The quantitative estimate of drug-likeness (QED) is 0.843. The lowest BCUT2D eigenvalue weighted by Gasteiger charge is -2.10. The molecule has 0 amide bonds. The van der Waals surface area contributed by atoms with Crippen LogP contribution in [0, 0.1) is 0 Å². The Balaban J connectivity index is 2.72. The van der Waals surface area contributed by atoms with Crippen molar-refractivity contribution < 1.29 is 9.90 Å². The number of aromatic carboxylic acids is 1. The van der Waals surface area contributed by atoms with E-state index in [1.54, 1.807) is 6.20 Å². The molecule has 0 saturated heterocycles. The summed E-state index contributed by atoms with van der Waals surface area (Å²) in [6, 6.07) is 6.93. The van der Waals surface area contributed by atoms with Gasteiger partial charge in [0.1, 0.15) is 5.69 Å². The minimum absolute atomic E-state index is 0.114. The van der Waals surface area contributed by atoms with Gasteiger partial charge >= 0.3 is 5.97 Å². The van der Waals surface area contributed by atoms with Crippen molar-refractivity contribution in [2.45, 2.75) is 0 Å². The molecule has 6 heteroatoms. The molecule has 1 aromatic carbocycles. The standard InChI is InChI=1S/C11H6Br2ClNO2/c12-7-2-1-3-8(13)10(7)15-5-6(14)4-9(15)11(16)17/h1-5H,(H,16,17). The van der Waals surface area contributed by atoms with Crippen LogP contribution in [0.15, 0.2) is 39.4 Å². The normalized spacial score (nSPS) is 10.5. The van der Waals surface area contributed by atoms with Gasteiger partial charge in [0.25, 0.3) is 0 Å². The third-order valence-electron chi connectivity index (χ3n) is 2.18. The smallest absolute Gasteiger partial charge is 0.352 e. The van der Waals surface area contributed by atoms with Crippen molar-refractivity contribution >= 4 is 49.4 Å². The first kappa shape index (κ1) is 12.7. The maximum atomic E-state index is 11.1. The van der Waals surface area contributed by atoms with Crippen LogP contribution in [0.3, 0.4) is 0 Å². The zero-order chi connectivity index (χ0) is 12.6. The van der Waals surface area contributed by atoms with Crippen molar-refractivity contribution in [2.24, 2.45) is 0 Å². The number of para-hydroxylation sites is 1. The minimum atomic E-state index is -1.03. The molecule has 0 spiro atoms. The number of benzene rings is 1. The third kappa shape index (κ3) is 2.41. The SMILES string of the molecule is O=C(O)c1cc(Cl)cn1-c1c(Br)cccc1Br. The van der Waals surface area contributed by atoms with Gasteiger partial charge in [0.05, 0.1) is 10.7 Å².